The zero-order valence-electron chi connectivity index (χ0n) is 12.8. The van der Waals surface area contributed by atoms with E-state index in [1.807, 2.05) is 13.8 Å². The summed E-state index contributed by atoms with van der Waals surface area (Å²) in [6.07, 6.45) is -0.608. The number of benzene rings is 1. The van der Waals surface area contributed by atoms with Crippen LogP contribution in [-0.2, 0) is 9.59 Å². The molecule has 1 aliphatic heterocycles. The predicted molar refractivity (Wildman–Crippen MR) is 84.4 cm³/mol. The molecule has 2 N–H and O–H groups in total. The van der Waals surface area contributed by atoms with Crippen LogP contribution in [-0.4, -0.2) is 41.0 Å². The van der Waals surface area contributed by atoms with Gasteiger partial charge in [-0.3, -0.25) is 9.59 Å². The van der Waals surface area contributed by atoms with Gasteiger partial charge in [-0.25, -0.2) is 0 Å². The molecule has 0 aliphatic carbocycles. The first-order chi connectivity index (χ1) is 10.4. The minimum absolute atomic E-state index is 0.0526. The SMILES string of the molecule is CC(C)C(=O)N1CCC(NC(=O)[C@H](O)c2ccccc2Cl)C1. The number of aliphatic hydroxyl groups is 1. The van der Waals surface area contributed by atoms with Gasteiger partial charge in [-0.1, -0.05) is 43.6 Å². The summed E-state index contributed by atoms with van der Waals surface area (Å²) in [6.45, 7) is 4.83. The van der Waals surface area contributed by atoms with Crippen LogP contribution in [0.5, 0.6) is 0 Å². The Hall–Kier alpha value is -1.59. The third kappa shape index (κ3) is 3.78. The molecule has 1 aromatic rings. The van der Waals surface area contributed by atoms with E-state index in [1.54, 1.807) is 29.2 Å². The molecule has 1 aliphatic rings. The summed E-state index contributed by atoms with van der Waals surface area (Å²) >= 11 is 5.99. The summed E-state index contributed by atoms with van der Waals surface area (Å²) < 4.78 is 0. The minimum atomic E-state index is -1.30. The smallest absolute Gasteiger partial charge is 0.253 e. The van der Waals surface area contributed by atoms with Crippen LogP contribution in [0.1, 0.15) is 31.9 Å². The van der Waals surface area contributed by atoms with Crippen LogP contribution in [0.4, 0.5) is 0 Å². The molecule has 1 unspecified atom stereocenters. The topological polar surface area (TPSA) is 69.6 Å². The molecule has 1 heterocycles. The monoisotopic (exact) mass is 324 g/mol. The zero-order chi connectivity index (χ0) is 16.3. The van der Waals surface area contributed by atoms with Gasteiger partial charge in [-0.05, 0) is 12.5 Å². The van der Waals surface area contributed by atoms with Crippen LogP contribution in [0.25, 0.3) is 0 Å². The number of hydrogen-bond acceptors (Lipinski definition) is 3. The Bertz CT molecular complexity index is 562. The number of carbonyl (C=O) groups is 2. The van der Waals surface area contributed by atoms with E-state index in [9.17, 15) is 14.7 Å². The normalized spacial score (nSPS) is 19.3. The van der Waals surface area contributed by atoms with E-state index >= 15 is 0 Å². The van der Waals surface area contributed by atoms with Gasteiger partial charge in [-0.2, -0.15) is 0 Å². The number of carbonyl (C=O) groups excluding carboxylic acids is 2. The van der Waals surface area contributed by atoms with Crippen molar-refractivity contribution >= 4 is 23.4 Å². The van der Waals surface area contributed by atoms with Gasteiger partial charge in [0.2, 0.25) is 5.91 Å². The number of likely N-dealkylation sites (tertiary alicyclic amines) is 1. The second kappa shape index (κ2) is 7.11. The summed E-state index contributed by atoms with van der Waals surface area (Å²) in [4.78, 5) is 25.8. The second-order valence-corrected chi connectivity index (χ2v) is 6.26. The quantitative estimate of drug-likeness (QED) is 0.886. The van der Waals surface area contributed by atoms with Crippen LogP contribution in [0.2, 0.25) is 5.02 Å². The fourth-order valence-electron chi connectivity index (χ4n) is 2.56. The lowest BCUT2D eigenvalue weighted by Crippen LogP contribution is -2.41. The summed E-state index contributed by atoms with van der Waals surface area (Å²) in [7, 11) is 0. The van der Waals surface area contributed by atoms with E-state index in [1.165, 1.54) is 0 Å². The van der Waals surface area contributed by atoms with Gasteiger partial charge < -0.3 is 15.3 Å². The number of nitrogens with zero attached hydrogens (tertiary/aromatic N) is 1. The van der Waals surface area contributed by atoms with Crippen molar-refractivity contribution in [1.82, 2.24) is 10.2 Å². The highest BCUT2D eigenvalue weighted by atomic mass is 35.5. The van der Waals surface area contributed by atoms with E-state index in [0.717, 1.165) is 0 Å². The van der Waals surface area contributed by atoms with Crippen molar-refractivity contribution in [3.63, 3.8) is 0 Å². The fraction of sp³-hybridized carbons (Fsp3) is 0.500. The highest BCUT2D eigenvalue weighted by Gasteiger charge is 2.30. The van der Waals surface area contributed by atoms with E-state index in [0.29, 0.717) is 30.1 Å². The Balaban J connectivity index is 1.93. The van der Waals surface area contributed by atoms with Gasteiger partial charge >= 0.3 is 0 Å². The summed E-state index contributed by atoms with van der Waals surface area (Å²) in [5.74, 6) is -0.455. The molecule has 1 aromatic carbocycles. The van der Waals surface area contributed by atoms with Gasteiger partial charge in [0, 0.05) is 35.6 Å². The van der Waals surface area contributed by atoms with Crippen molar-refractivity contribution in [2.45, 2.75) is 32.4 Å². The molecule has 5 nitrogen and oxygen atoms in total. The Kier molecular flexibility index (Phi) is 5.42. The molecule has 0 saturated carbocycles. The maximum absolute atomic E-state index is 12.1. The fourth-order valence-corrected chi connectivity index (χ4v) is 2.80. The maximum Gasteiger partial charge on any atom is 0.253 e. The van der Waals surface area contributed by atoms with E-state index in [4.69, 9.17) is 11.6 Å². The number of rotatable bonds is 4. The van der Waals surface area contributed by atoms with Gasteiger partial charge in [0.1, 0.15) is 0 Å². The highest BCUT2D eigenvalue weighted by Crippen LogP contribution is 2.23. The van der Waals surface area contributed by atoms with E-state index in [2.05, 4.69) is 5.32 Å². The lowest BCUT2D eigenvalue weighted by molar-refractivity contribution is -0.134. The molecule has 0 bridgehead atoms. The van der Waals surface area contributed by atoms with Crippen molar-refractivity contribution in [3.05, 3.63) is 34.9 Å². The summed E-state index contributed by atoms with van der Waals surface area (Å²) in [5, 5.41) is 13.3. The first-order valence-corrected chi connectivity index (χ1v) is 7.79. The number of hydrogen-bond donors (Lipinski definition) is 2. The number of halogens is 1. The van der Waals surface area contributed by atoms with Crippen LogP contribution < -0.4 is 5.32 Å². The Morgan fingerprint density at radius 3 is 2.68 bits per heavy atom. The molecule has 2 atom stereocenters. The van der Waals surface area contributed by atoms with Crippen LogP contribution in [0.15, 0.2) is 24.3 Å². The van der Waals surface area contributed by atoms with Crippen LogP contribution in [0, 0.1) is 5.92 Å². The molecule has 0 aromatic heterocycles. The molecule has 0 radical (unpaired) electrons. The van der Waals surface area contributed by atoms with Gasteiger partial charge in [0.05, 0.1) is 0 Å². The zero-order valence-corrected chi connectivity index (χ0v) is 13.5. The molecule has 1 fully saturated rings. The number of amides is 2. The molecule has 120 valence electrons. The first-order valence-electron chi connectivity index (χ1n) is 7.41. The largest absolute Gasteiger partial charge is 0.378 e. The van der Waals surface area contributed by atoms with E-state index in [-0.39, 0.29) is 17.9 Å². The molecule has 22 heavy (non-hydrogen) atoms. The Morgan fingerprint density at radius 1 is 1.36 bits per heavy atom. The van der Waals surface area contributed by atoms with Crippen LogP contribution in [0.3, 0.4) is 0 Å². The molecule has 0 spiro atoms. The molecule has 6 heteroatoms. The number of nitrogens with one attached hydrogen (secondary N) is 1. The summed E-state index contributed by atoms with van der Waals surface area (Å²) in [5.41, 5.74) is 0.384. The van der Waals surface area contributed by atoms with Crippen molar-refractivity contribution in [2.75, 3.05) is 13.1 Å². The molecule has 1 saturated heterocycles. The molecular formula is C16H21ClN2O3. The van der Waals surface area contributed by atoms with Crippen molar-refractivity contribution in [2.24, 2.45) is 5.92 Å². The molecule has 2 rings (SSSR count). The predicted octanol–water partition coefficient (Wildman–Crippen LogP) is 1.75. The number of aliphatic hydroxyl groups excluding tert-OH is 1. The summed E-state index contributed by atoms with van der Waals surface area (Å²) in [6, 6.07) is 6.58. The van der Waals surface area contributed by atoms with Gasteiger partial charge in [0.15, 0.2) is 6.10 Å². The minimum Gasteiger partial charge on any atom is -0.378 e. The van der Waals surface area contributed by atoms with Crippen molar-refractivity contribution < 1.29 is 14.7 Å². The maximum atomic E-state index is 12.1. The average molecular weight is 325 g/mol. The van der Waals surface area contributed by atoms with E-state index < -0.39 is 12.0 Å². The third-order valence-electron chi connectivity index (χ3n) is 3.79. The lowest BCUT2D eigenvalue weighted by atomic mass is 10.1. The van der Waals surface area contributed by atoms with Crippen molar-refractivity contribution in [3.8, 4) is 0 Å². The highest BCUT2D eigenvalue weighted by molar-refractivity contribution is 6.31. The lowest BCUT2D eigenvalue weighted by Gasteiger charge is -2.20. The Labute approximate surface area is 135 Å². The second-order valence-electron chi connectivity index (χ2n) is 5.86. The molecule has 2 amide bonds. The standard InChI is InChI=1S/C16H21ClN2O3/c1-10(2)16(22)19-8-7-11(9-19)18-15(21)14(20)12-5-3-4-6-13(12)17/h3-6,10-11,14,20H,7-9H2,1-2H3,(H,18,21)/t11?,14-/m1/s1. The van der Waals surface area contributed by atoms with Crippen molar-refractivity contribution in [1.29, 1.82) is 0 Å². The third-order valence-corrected chi connectivity index (χ3v) is 4.13. The Morgan fingerprint density at radius 2 is 2.05 bits per heavy atom. The van der Waals surface area contributed by atoms with Gasteiger partial charge in [0.25, 0.3) is 5.91 Å². The molecular weight excluding hydrogens is 304 g/mol. The van der Waals surface area contributed by atoms with Gasteiger partial charge in [-0.15, -0.1) is 0 Å². The van der Waals surface area contributed by atoms with Crippen LogP contribution >= 0.6 is 11.6 Å². The first kappa shape index (κ1) is 16.8. The average Bonchev–Trinajstić information content (AvgIpc) is 2.94.